The van der Waals surface area contributed by atoms with Crippen molar-refractivity contribution < 1.29 is 4.79 Å². The number of nitrogens with one attached hydrogen (secondary N) is 1. The molecule has 0 bridgehead atoms. The summed E-state index contributed by atoms with van der Waals surface area (Å²) in [5.41, 5.74) is 2.98. The average molecular weight is 412 g/mol. The number of hydrogen-bond donors (Lipinski definition) is 1. The summed E-state index contributed by atoms with van der Waals surface area (Å²) in [4.78, 5) is 19.8. The van der Waals surface area contributed by atoms with E-state index in [1.807, 2.05) is 29.0 Å². The van der Waals surface area contributed by atoms with Crippen molar-refractivity contribution in [3.63, 3.8) is 0 Å². The lowest BCUT2D eigenvalue weighted by Crippen LogP contribution is -2.46. The molecule has 1 N–H and O–H groups in total. The number of nitrogens with zero attached hydrogens (tertiary/aromatic N) is 2. The number of piperidine rings is 1. The quantitative estimate of drug-likeness (QED) is 0.622. The lowest BCUT2D eigenvalue weighted by atomic mass is 9.79. The molecule has 1 amide bonds. The fourth-order valence-corrected chi connectivity index (χ4v) is 6.15. The van der Waals surface area contributed by atoms with Crippen molar-refractivity contribution in [1.82, 2.24) is 9.88 Å². The summed E-state index contributed by atoms with van der Waals surface area (Å²) in [5.74, 6) is 0.645. The standard InChI is InChI=1S/C22H25N3OS2/c26-21(10-15-6-9-27-14-15)23-17-4-5-19-20(13-17)28-22(24-19)16-11-18(12-16)25-7-2-1-3-8-25/h4-6,9,13-14,16,18H,1-3,7-8,10-12H2,(H,23,26)/t16-,18+. The normalized spacial score (nSPS) is 22.9. The summed E-state index contributed by atoms with van der Waals surface area (Å²) >= 11 is 3.42. The summed E-state index contributed by atoms with van der Waals surface area (Å²) in [6, 6.07) is 8.84. The van der Waals surface area contributed by atoms with E-state index in [-0.39, 0.29) is 5.91 Å². The highest BCUT2D eigenvalue weighted by Gasteiger charge is 2.36. The first-order chi connectivity index (χ1) is 13.7. The maximum atomic E-state index is 12.2. The van der Waals surface area contributed by atoms with E-state index in [1.54, 1.807) is 22.7 Å². The number of thiazole rings is 1. The average Bonchev–Trinajstić information content (AvgIpc) is 3.30. The highest BCUT2D eigenvalue weighted by Crippen LogP contribution is 2.43. The Morgan fingerprint density at radius 3 is 2.82 bits per heavy atom. The fraction of sp³-hybridized carbons (Fsp3) is 0.455. The number of fused-ring (bicyclic) bond motifs is 1. The van der Waals surface area contributed by atoms with Gasteiger partial charge in [-0.3, -0.25) is 4.79 Å². The largest absolute Gasteiger partial charge is 0.326 e. The minimum atomic E-state index is 0.0332. The van der Waals surface area contributed by atoms with Crippen LogP contribution in [-0.4, -0.2) is 34.9 Å². The number of anilines is 1. The first-order valence-corrected chi connectivity index (χ1v) is 12.0. The zero-order valence-corrected chi connectivity index (χ0v) is 17.5. The van der Waals surface area contributed by atoms with E-state index in [9.17, 15) is 4.79 Å². The van der Waals surface area contributed by atoms with Crippen LogP contribution in [0, 0.1) is 0 Å². The van der Waals surface area contributed by atoms with E-state index >= 15 is 0 Å². The lowest BCUT2D eigenvalue weighted by Gasteiger charge is -2.43. The van der Waals surface area contributed by atoms with Crippen LogP contribution in [0.5, 0.6) is 0 Å². The van der Waals surface area contributed by atoms with Gasteiger partial charge in [0.25, 0.3) is 0 Å². The van der Waals surface area contributed by atoms with Crippen molar-refractivity contribution in [1.29, 1.82) is 0 Å². The van der Waals surface area contributed by atoms with Gasteiger partial charge >= 0.3 is 0 Å². The number of carbonyl (C=O) groups excluding carboxylic acids is 1. The van der Waals surface area contributed by atoms with Gasteiger partial charge in [-0.05, 0) is 79.4 Å². The Labute approximate surface area is 173 Å². The number of aromatic nitrogens is 1. The molecule has 0 unspecified atom stereocenters. The zero-order chi connectivity index (χ0) is 18.9. The number of carbonyl (C=O) groups is 1. The van der Waals surface area contributed by atoms with E-state index in [1.165, 1.54) is 54.9 Å². The van der Waals surface area contributed by atoms with Crippen LogP contribution in [0.1, 0.15) is 48.6 Å². The Bertz CT molecular complexity index is 953. The summed E-state index contributed by atoms with van der Waals surface area (Å²) < 4.78 is 1.17. The molecule has 5 rings (SSSR count). The summed E-state index contributed by atoms with van der Waals surface area (Å²) in [5, 5.41) is 8.32. The molecule has 1 aliphatic carbocycles. The maximum Gasteiger partial charge on any atom is 0.228 e. The molecular weight excluding hydrogens is 386 g/mol. The number of thiophene rings is 1. The van der Waals surface area contributed by atoms with E-state index in [4.69, 9.17) is 4.98 Å². The van der Waals surface area contributed by atoms with Gasteiger partial charge < -0.3 is 10.2 Å². The minimum absolute atomic E-state index is 0.0332. The third-order valence-electron chi connectivity index (χ3n) is 6.00. The molecule has 2 fully saturated rings. The Morgan fingerprint density at radius 2 is 2.04 bits per heavy atom. The molecule has 1 aromatic carbocycles. The third-order valence-corrected chi connectivity index (χ3v) is 7.92. The van der Waals surface area contributed by atoms with Gasteiger partial charge in [0, 0.05) is 17.6 Å². The van der Waals surface area contributed by atoms with Gasteiger partial charge in [-0.1, -0.05) is 6.42 Å². The van der Waals surface area contributed by atoms with Crippen molar-refractivity contribution in [3.8, 4) is 0 Å². The van der Waals surface area contributed by atoms with Crippen LogP contribution >= 0.6 is 22.7 Å². The molecule has 1 aliphatic heterocycles. The second-order valence-corrected chi connectivity index (χ2v) is 9.85. The lowest BCUT2D eigenvalue weighted by molar-refractivity contribution is -0.115. The molecule has 0 radical (unpaired) electrons. The number of hydrogen-bond acceptors (Lipinski definition) is 5. The van der Waals surface area contributed by atoms with Gasteiger partial charge in [0.1, 0.15) is 0 Å². The molecule has 0 spiro atoms. The summed E-state index contributed by atoms with van der Waals surface area (Å²) in [7, 11) is 0. The molecule has 2 aliphatic rings. The predicted octanol–water partition coefficient (Wildman–Crippen LogP) is 5.27. The van der Waals surface area contributed by atoms with Gasteiger partial charge in [0.15, 0.2) is 0 Å². The van der Waals surface area contributed by atoms with Crippen LogP contribution in [0.2, 0.25) is 0 Å². The van der Waals surface area contributed by atoms with E-state index in [0.717, 1.165) is 22.8 Å². The Morgan fingerprint density at radius 1 is 1.18 bits per heavy atom. The number of likely N-dealkylation sites (tertiary alicyclic amines) is 1. The summed E-state index contributed by atoms with van der Waals surface area (Å²) in [6.07, 6.45) is 7.06. The molecule has 3 aromatic rings. The van der Waals surface area contributed by atoms with Crippen molar-refractivity contribution in [3.05, 3.63) is 45.6 Å². The van der Waals surface area contributed by atoms with Crippen LogP contribution in [0.4, 0.5) is 5.69 Å². The van der Waals surface area contributed by atoms with Crippen LogP contribution < -0.4 is 5.32 Å². The van der Waals surface area contributed by atoms with Crippen molar-refractivity contribution in [2.45, 2.75) is 50.5 Å². The number of amides is 1. The molecule has 3 heterocycles. The fourth-order valence-electron chi connectivity index (χ4n) is 4.35. The molecule has 4 nitrogen and oxygen atoms in total. The smallest absolute Gasteiger partial charge is 0.228 e. The molecule has 0 atom stereocenters. The van der Waals surface area contributed by atoms with Crippen molar-refractivity contribution >= 4 is 44.5 Å². The highest BCUT2D eigenvalue weighted by molar-refractivity contribution is 7.18. The second-order valence-electron chi connectivity index (χ2n) is 8.01. The molecule has 1 saturated carbocycles. The SMILES string of the molecule is O=C(Cc1ccsc1)Nc1ccc2nc([C@H]3C[C@@H](N4CCCCC4)C3)sc2c1. The highest BCUT2D eigenvalue weighted by atomic mass is 32.1. The molecular formula is C22H25N3OS2. The first kappa shape index (κ1) is 18.3. The zero-order valence-electron chi connectivity index (χ0n) is 15.9. The van der Waals surface area contributed by atoms with Crippen LogP contribution in [0.25, 0.3) is 10.2 Å². The molecule has 28 heavy (non-hydrogen) atoms. The van der Waals surface area contributed by atoms with Crippen LogP contribution in [-0.2, 0) is 11.2 Å². The number of rotatable bonds is 5. The second kappa shape index (κ2) is 7.93. The van der Waals surface area contributed by atoms with Gasteiger partial charge in [0.05, 0.1) is 21.6 Å². The van der Waals surface area contributed by atoms with Gasteiger partial charge in [-0.2, -0.15) is 11.3 Å². The van der Waals surface area contributed by atoms with E-state index < -0.39 is 0 Å². The maximum absolute atomic E-state index is 12.2. The first-order valence-electron chi connectivity index (χ1n) is 10.2. The van der Waals surface area contributed by atoms with E-state index in [0.29, 0.717) is 12.3 Å². The van der Waals surface area contributed by atoms with Crippen LogP contribution in [0.3, 0.4) is 0 Å². The monoisotopic (exact) mass is 411 g/mol. The topological polar surface area (TPSA) is 45.2 Å². The number of benzene rings is 1. The van der Waals surface area contributed by atoms with Gasteiger partial charge in [-0.25, -0.2) is 4.98 Å². The van der Waals surface area contributed by atoms with Crippen molar-refractivity contribution in [2.24, 2.45) is 0 Å². The van der Waals surface area contributed by atoms with E-state index in [2.05, 4.69) is 16.3 Å². The van der Waals surface area contributed by atoms with Crippen LogP contribution in [0.15, 0.2) is 35.0 Å². The Kier molecular flexibility index (Phi) is 5.18. The summed E-state index contributed by atoms with van der Waals surface area (Å²) in [6.45, 7) is 2.57. The molecule has 1 saturated heterocycles. The van der Waals surface area contributed by atoms with Gasteiger partial charge in [-0.15, -0.1) is 11.3 Å². The molecule has 6 heteroatoms. The Hall–Kier alpha value is -1.76. The van der Waals surface area contributed by atoms with Gasteiger partial charge in [0.2, 0.25) is 5.91 Å². The third kappa shape index (κ3) is 3.86. The van der Waals surface area contributed by atoms with Crippen molar-refractivity contribution in [2.75, 3.05) is 18.4 Å². The minimum Gasteiger partial charge on any atom is -0.326 e. The Balaban J connectivity index is 1.22. The predicted molar refractivity (Wildman–Crippen MR) is 117 cm³/mol. The molecule has 146 valence electrons. The molecule has 2 aromatic heterocycles.